The van der Waals surface area contributed by atoms with Crippen molar-refractivity contribution in [2.45, 2.75) is 13.3 Å². The van der Waals surface area contributed by atoms with Gasteiger partial charge in [-0.1, -0.05) is 13.0 Å². The molecule has 1 aromatic carbocycles. The maximum Gasteiger partial charge on any atom is 0.0698 e. The number of hydrogen-bond acceptors (Lipinski definition) is 4. The number of nitrogens with two attached hydrogens (primary N) is 1. The quantitative estimate of drug-likeness (QED) is 0.532. The summed E-state index contributed by atoms with van der Waals surface area (Å²) in [4.78, 5) is 2.24. The molecule has 0 spiro atoms. The lowest BCUT2D eigenvalue weighted by molar-refractivity contribution is 0.0966. The van der Waals surface area contributed by atoms with Crippen molar-refractivity contribution in [3.05, 3.63) is 24.3 Å². The van der Waals surface area contributed by atoms with Gasteiger partial charge in [0.05, 0.1) is 19.8 Å². The minimum atomic E-state index is 0.0755. The molecule has 17 heavy (non-hydrogen) atoms. The second-order valence-corrected chi connectivity index (χ2v) is 3.92. The second-order valence-electron chi connectivity index (χ2n) is 3.92. The smallest absolute Gasteiger partial charge is 0.0698 e. The first-order valence-corrected chi connectivity index (χ1v) is 6.07. The molecule has 0 aliphatic carbocycles. The summed E-state index contributed by atoms with van der Waals surface area (Å²) in [5, 5.41) is 8.63. The minimum absolute atomic E-state index is 0.0755. The molecular formula is C13H22N2O2. The van der Waals surface area contributed by atoms with Gasteiger partial charge in [0, 0.05) is 24.5 Å². The van der Waals surface area contributed by atoms with Crippen molar-refractivity contribution < 1.29 is 9.84 Å². The Bertz CT molecular complexity index is 318. The number of benzene rings is 1. The fraction of sp³-hybridized carbons (Fsp3) is 0.538. The van der Waals surface area contributed by atoms with Crippen LogP contribution in [0.25, 0.3) is 0 Å². The number of aliphatic hydroxyl groups is 1. The lowest BCUT2D eigenvalue weighted by atomic mass is 10.2. The fourth-order valence-corrected chi connectivity index (χ4v) is 1.70. The van der Waals surface area contributed by atoms with E-state index in [-0.39, 0.29) is 6.61 Å². The van der Waals surface area contributed by atoms with Gasteiger partial charge in [0.15, 0.2) is 0 Å². The molecule has 1 aromatic rings. The lowest BCUT2D eigenvalue weighted by Gasteiger charge is -2.24. The molecule has 4 nitrogen and oxygen atoms in total. The Kier molecular flexibility index (Phi) is 6.43. The van der Waals surface area contributed by atoms with E-state index in [2.05, 4.69) is 17.9 Å². The van der Waals surface area contributed by atoms with Crippen LogP contribution in [0, 0.1) is 0 Å². The third-order valence-electron chi connectivity index (χ3n) is 2.47. The fourth-order valence-electron chi connectivity index (χ4n) is 1.70. The van der Waals surface area contributed by atoms with Gasteiger partial charge < -0.3 is 20.5 Å². The zero-order valence-corrected chi connectivity index (χ0v) is 10.4. The molecule has 0 unspecified atom stereocenters. The molecule has 0 aliphatic rings. The average molecular weight is 238 g/mol. The van der Waals surface area contributed by atoms with Gasteiger partial charge in [-0.2, -0.15) is 0 Å². The van der Waals surface area contributed by atoms with Crippen LogP contribution >= 0.6 is 0 Å². The summed E-state index contributed by atoms with van der Waals surface area (Å²) in [6, 6.07) is 7.87. The molecule has 3 N–H and O–H groups in total. The van der Waals surface area contributed by atoms with Gasteiger partial charge in [0.25, 0.3) is 0 Å². The highest BCUT2D eigenvalue weighted by atomic mass is 16.5. The first-order valence-electron chi connectivity index (χ1n) is 6.07. The Morgan fingerprint density at radius 3 is 2.76 bits per heavy atom. The van der Waals surface area contributed by atoms with E-state index >= 15 is 0 Å². The zero-order valence-electron chi connectivity index (χ0n) is 10.4. The molecule has 4 heteroatoms. The van der Waals surface area contributed by atoms with E-state index in [0.29, 0.717) is 13.2 Å². The van der Waals surface area contributed by atoms with Crippen molar-refractivity contribution in [1.29, 1.82) is 0 Å². The van der Waals surface area contributed by atoms with Crippen LogP contribution in [0.5, 0.6) is 0 Å². The van der Waals surface area contributed by atoms with Crippen LogP contribution in [0.1, 0.15) is 13.3 Å². The van der Waals surface area contributed by atoms with Crippen LogP contribution < -0.4 is 10.6 Å². The molecule has 0 fully saturated rings. The molecule has 0 heterocycles. The van der Waals surface area contributed by atoms with E-state index in [9.17, 15) is 0 Å². The Balaban J connectivity index is 2.52. The second kappa shape index (κ2) is 7.92. The summed E-state index contributed by atoms with van der Waals surface area (Å²) >= 11 is 0. The van der Waals surface area contributed by atoms with Gasteiger partial charge in [-0.05, 0) is 24.6 Å². The summed E-state index contributed by atoms with van der Waals surface area (Å²) in [7, 11) is 0. The zero-order chi connectivity index (χ0) is 12.5. The number of nitrogens with zero attached hydrogens (tertiary/aromatic N) is 1. The van der Waals surface area contributed by atoms with Crippen LogP contribution in [0.2, 0.25) is 0 Å². The number of ether oxygens (including phenoxy) is 1. The summed E-state index contributed by atoms with van der Waals surface area (Å²) in [6.07, 6.45) is 1.08. The van der Waals surface area contributed by atoms with Gasteiger partial charge in [-0.25, -0.2) is 0 Å². The molecular weight excluding hydrogens is 216 g/mol. The molecule has 96 valence electrons. The van der Waals surface area contributed by atoms with E-state index in [4.69, 9.17) is 15.6 Å². The molecule has 0 aliphatic heterocycles. The maximum absolute atomic E-state index is 8.63. The maximum atomic E-state index is 8.63. The van der Waals surface area contributed by atoms with E-state index in [0.717, 1.165) is 30.9 Å². The lowest BCUT2D eigenvalue weighted by Crippen LogP contribution is -2.28. The normalized spacial score (nSPS) is 10.5. The van der Waals surface area contributed by atoms with Crippen molar-refractivity contribution in [3.63, 3.8) is 0 Å². The van der Waals surface area contributed by atoms with E-state index in [1.165, 1.54) is 0 Å². The molecule has 0 atom stereocenters. The Morgan fingerprint density at radius 2 is 2.12 bits per heavy atom. The van der Waals surface area contributed by atoms with Crippen molar-refractivity contribution in [2.24, 2.45) is 0 Å². The summed E-state index contributed by atoms with van der Waals surface area (Å²) < 4.78 is 5.29. The highest BCUT2D eigenvalue weighted by molar-refractivity contribution is 5.55. The predicted octanol–water partition coefficient (Wildman–Crippen LogP) is 1.49. The first kappa shape index (κ1) is 13.8. The number of nitrogen functional groups attached to an aromatic ring is 1. The van der Waals surface area contributed by atoms with E-state index in [1.807, 2.05) is 18.2 Å². The number of aliphatic hydroxyl groups excluding tert-OH is 1. The number of rotatable bonds is 8. The average Bonchev–Trinajstić information content (AvgIpc) is 2.33. The summed E-state index contributed by atoms with van der Waals surface area (Å²) in [5.41, 5.74) is 7.68. The highest BCUT2D eigenvalue weighted by Gasteiger charge is 2.05. The summed E-state index contributed by atoms with van der Waals surface area (Å²) in [6.45, 7) is 5.04. The highest BCUT2D eigenvalue weighted by Crippen LogP contribution is 2.17. The summed E-state index contributed by atoms with van der Waals surface area (Å²) in [5.74, 6) is 0. The Labute approximate surface area is 103 Å². The molecule has 0 bridgehead atoms. The molecule has 0 saturated heterocycles. The SMILES string of the molecule is CCCN(CCOCCO)c1cccc(N)c1. The van der Waals surface area contributed by atoms with E-state index in [1.54, 1.807) is 0 Å². The topological polar surface area (TPSA) is 58.7 Å². The van der Waals surface area contributed by atoms with Gasteiger partial charge in [0.2, 0.25) is 0 Å². The van der Waals surface area contributed by atoms with Gasteiger partial charge >= 0.3 is 0 Å². The Morgan fingerprint density at radius 1 is 1.29 bits per heavy atom. The minimum Gasteiger partial charge on any atom is -0.399 e. The molecule has 0 amide bonds. The van der Waals surface area contributed by atoms with Crippen molar-refractivity contribution in [2.75, 3.05) is 43.5 Å². The largest absolute Gasteiger partial charge is 0.399 e. The molecule has 0 radical (unpaired) electrons. The van der Waals surface area contributed by atoms with Gasteiger partial charge in [-0.15, -0.1) is 0 Å². The van der Waals surface area contributed by atoms with Crippen LogP contribution in [0.15, 0.2) is 24.3 Å². The number of hydrogen-bond donors (Lipinski definition) is 2. The van der Waals surface area contributed by atoms with Crippen LogP contribution in [0.4, 0.5) is 11.4 Å². The third-order valence-corrected chi connectivity index (χ3v) is 2.47. The third kappa shape index (κ3) is 5.06. The molecule has 1 rings (SSSR count). The van der Waals surface area contributed by atoms with Gasteiger partial charge in [0.1, 0.15) is 0 Å². The van der Waals surface area contributed by atoms with Crippen molar-refractivity contribution in [3.8, 4) is 0 Å². The van der Waals surface area contributed by atoms with Crippen LogP contribution in [-0.4, -0.2) is 38.0 Å². The van der Waals surface area contributed by atoms with E-state index < -0.39 is 0 Å². The van der Waals surface area contributed by atoms with Crippen molar-refractivity contribution in [1.82, 2.24) is 0 Å². The van der Waals surface area contributed by atoms with Crippen LogP contribution in [0.3, 0.4) is 0 Å². The molecule has 0 saturated carbocycles. The Hall–Kier alpha value is -1.26. The monoisotopic (exact) mass is 238 g/mol. The first-order chi connectivity index (χ1) is 8.27. The predicted molar refractivity (Wildman–Crippen MR) is 71.3 cm³/mol. The standard InChI is InChI=1S/C13H22N2O2/c1-2-6-15(7-9-17-10-8-16)13-5-3-4-12(14)11-13/h3-5,11,16H,2,6-10,14H2,1H3. The molecule has 0 aromatic heterocycles. The number of anilines is 2. The van der Waals surface area contributed by atoms with Gasteiger partial charge in [-0.3, -0.25) is 0 Å². The van der Waals surface area contributed by atoms with Crippen LogP contribution in [-0.2, 0) is 4.74 Å². The van der Waals surface area contributed by atoms with Crippen molar-refractivity contribution >= 4 is 11.4 Å².